The van der Waals surface area contributed by atoms with E-state index in [0.29, 0.717) is 0 Å². The summed E-state index contributed by atoms with van der Waals surface area (Å²) in [6, 6.07) is 0. The smallest absolute Gasteiger partial charge is 0.230 e. The zero-order chi connectivity index (χ0) is 13.5. The SMILES string of the molecule is CCN1C(=O)C(c2cnn(C)c2)CC12CCNCC2. The van der Waals surface area contributed by atoms with Gasteiger partial charge in [-0.05, 0) is 39.3 Å². The van der Waals surface area contributed by atoms with Crippen LogP contribution < -0.4 is 5.32 Å². The first-order valence-corrected chi connectivity index (χ1v) is 7.17. The maximum absolute atomic E-state index is 12.7. The zero-order valence-electron chi connectivity index (χ0n) is 11.7. The Bertz CT molecular complexity index is 476. The van der Waals surface area contributed by atoms with Gasteiger partial charge in [0.25, 0.3) is 0 Å². The van der Waals surface area contributed by atoms with Gasteiger partial charge in [-0.15, -0.1) is 0 Å². The van der Waals surface area contributed by atoms with Gasteiger partial charge in [0, 0.05) is 30.9 Å². The largest absolute Gasteiger partial charge is 0.337 e. The third-order valence-electron chi connectivity index (χ3n) is 4.70. The van der Waals surface area contributed by atoms with Crippen LogP contribution in [0, 0.1) is 0 Å². The van der Waals surface area contributed by atoms with Crippen LogP contribution in [0.15, 0.2) is 12.4 Å². The van der Waals surface area contributed by atoms with Crippen molar-refractivity contribution in [2.45, 2.75) is 37.6 Å². The molecule has 0 bridgehead atoms. The van der Waals surface area contributed by atoms with Crippen LogP contribution in [0.4, 0.5) is 0 Å². The first kappa shape index (κ1) is 12.7. The number of amides is 1. The number of carbonyl (C=O) groups excluding carboxylic acids is 1. The topological polar surface area (TPSA) is 50.2 Å². The summed E-state index contributed by atoms with van der Waals surface area (Å²) >= 11 is 0. The predicted molar refractivity (Wildman–Crippen MR) is 72.8 cm³/mol. The molecule has 2 aliphatic heterocycles. The number of aryl methyl sites for hydroxylation is 1. The number of hydrogen-bond acceptors (Lipinski definition) is 3. The molecule has 1 amide bonds. The number of hydrogen-bond donors (Lipinski definition) is 1. The summed E-state index contributed by atoms with van der Waals surface area (Å²) in [5.41, 5.74) is 1.15. The van der Waals surface area contributed by atoms with Crippen LogP contribution in [0.25, 0.3) is 0 Å². The molecule has 1 atom stereocenters. The van der Waals surface area contributed by atoms with Crippen molar-refractivity contribution in [1.82, 2.24) is 20.0 Å². The number of rotatable bonds is 2. The van der Waals surface area contributed by atoms with E-state index in [1.807, 2.05) is 19.4 Å². The van der Waals surface area contributed by atoms with Crippen LogP contribution in [-0.2, 0) is 11.8 Å². The minimum Gasteiger partial charge on any atom is -0.337 e. The van der Waals surface area contributed by atoms with Gasteiger partial charge in [-0.1, -0.05) is 0 Å². The quantitative estimate of drug-likeness (QED) is 0.860. The zero-order valence-corrected chi connectivity index (χ0v) is 11.7. The second-order valence-corrected chi connectivity index (χ2v) is 5.76. The monoisotopic (exact) mass is 262 g/mol. The van der Waals surface area contributed by atoms with Crippen molar-refractivity contribution >= 4 is 5.91 Å². The highest BCUT2D eigenvalue weighted by Gasteiger charge is 2.50. The van der Waals surface area contributed by atoms with E-state index in [4.69, 9.17) is 0 Å². The summed E-state index contributed by atoms with van der Waals surface area (Å²) in [5.74, 6) is 0.296. The average molecular weight is 262 g/mol. The molecule has 1 unspecified atom stereocenters. The van der Waals surface area contributed by atoms with Crippen LogP contribution in [0.3, 0.4) is 0 Å². The van der Waals surface area contributed by atoms with E-state index >= 15 is 0 Å². The fourth-order valence-corrected chi connectivity index (χ4v) is 3.74. The summed E-state index contributed by atoms with van der Waals surface area (Å²) in [7, 11) is 1.90. The molecule has 0 aliphatic carbocycles. The van der Waals surface area contributed by atoms with Gasteiger partial charge in [0.05, 0.1) is 12.1 Å². The number of piperidine rings is 1. The average Bonchev–Trinajstić information content (AvgIpc) is 2.94. The molecule has 0 aromatic carbocycles. The highest BCUT2D eigenvalue weighted by atomic mass is 16.2. The first-order valence-electron chi connectivity index (χ1n) is 7.17. The second kappa shape index (κ2) is 4.63. The Balaban J connectivity index is 1.90. The molecule has 2 saturated heterocycles. The number of carbonyl (C=O) groups is 1. The van der Waals surface area contributed by atoms with E-state index in [2.05, 4.69) is 22.2 Å². The number of aromatic nitrogens is 2. The van der Waals surface area contributed by atoms with Crippen LogP contribution in [0.5, 0.6) is 0 Å². The summed E-state index contributed by atoms with van der Waals surface area (Å²) in [5, 5.41) is 7.61. The van der Waals surface area contributed by atoms with E-state index < -0.39 is 0 Å². The lowest BCUT2D eigenvalue weighted by atomic mass is 9.82. The summed E-state index contributed by atoms with van der Waals surface area (Å²) in [6.45, 7) is 4.94. The predicted octanol–water partition coefficient (Wildman–Crippen LogP) is 0.878. The van der Waals surface area contributed by atoms with Gasteiger partial charge >= 0.3 is 0 Å². The van der Waals surface area contributed by atoms with E-state index in [-0.39, 0.29) is 17.4 Å². The van der Waals surface area contributed by atoms with Gasteiger partial charge in [-0.3, -0.25) is 9.48 Å². The van der Waals surface area contributed by atoms with Crippen molar-refractivity contribution < 1.29 is 4.79 Å². The van der Waals surface area contributed by atoms with Crippen molar-refractivity contribution in [3.63, 3.8) is 0 Å². The van der Waals surface area contributed by atoms with E-state index in [0.717, 1.165) is 44.5 Å². The molecule has 0 radical (unpaired) electrons. The van der Waals surface area contributed by atoms with Crippen molar-refractivity contribution in [2.24, 2.45) is 7.05 Å². The van der Waals surface area contributed by atoms with Gasteiger partial charge in [-0.2, -0.15) is 5.10 Å². The lowest BCUT2D eigenvalue weighted by molar-refractivity contribution is -0.132. The Morgan fingerprint density at radius 3 is 2.79 bits per heavy atom. The summed E-state index contributed by atoms with van der Waals surface area (Å²) < 4.78 is 1.78. The number of likely N-dealkylation sites (tertiary alicyclic amines) is 1. The normalized spacial score (nSPS) is 26.3. The maximum atomic E-state index is 12.7. The molecular formula is C14H22N4O. The third kappa shape index (κ3) is 1.96. The van der Waals surface area contributed by atoms with Crippen LogP contribution in [0.1, 0.15) is 37.7 Å². The highest BCUT2D eigenvalue weighted by molar-refractivity contribution is 5.87. The molecule has 1 N–H and O–H groups in total. The molecule has 1 aromatic rings. The molecule has 104 valence electrons. The van der Waals surface area contributed by atoms with Crippen LogP contribution >= 0.6 is 0 Å². The van der Waals surface area contributed by atoms with Crippen LogP contribution in [-0.4, -0.2) is 45.8 Å². The number of likely N-dealkylation sites (N-methyl/N-ethyl adjacent to an activating group) is 1. The molecule has 5 nitrogen and oxygen atoms in total. The molecule has 3 rings (SSSR count). The summed E-state index contributed by atoms with van der Waals surface area (Å²) in [6.07, 6.45) is 6.92. The number of nitrogens with zero attached hydrogens (tertiary/aromatic N) is 3. The molecule has 1 aromatic heterocycles. The Labute approximate surface area is 114 Å². The molecule has 1 spiro atoms. The molecule has 5 heteroatoms. The van der Waals surface area contributed by atoms with Gasteiger partial charge < -0.3 is 10.2 Å². The Morgan fingerprint density at radius 1 is 1.47 bits per heavy atom. The van der Waals surface area contributed by atoms with Gasteiger partial charge in [-0.25, -0.2) is 0 Å². The Morgan fingerprint density at radius 2 is 2.21 bits per heavy atom. The molecular weight excluding hydrogens is 240 g/mol. The van der Waals surface area contributed by atoms with Crippen molar-refractivity contribution in [3.05, 3.63) is 18.0 Å². The second-order valence-electron chi connectivity index (χ2n) is 5.76. The van der Waals surface area contributed by atoms with Crippen molar-refractivity contribution in [1.29, 1.82) is 0 Å². The molecule has 0 saturated carbocycles. The fraction of sp³-hybridized carbons (Fsp3) is 0.714. The standard InChI is InChI=1S/C14H22N4O/c1-3-18-13(19)12(11-9-16-17(2)10-11)8-14(18)4-6-15-7-5-14/h9-10,12,15H,3-8H2,1-2H3. The lowest BCUT2D eigenvalue weighted by Gasteiger charge is -2.41. The van der Waals surface area contributed by atoms with Crippen molar-refractivity contribution in [3.8, 4) is 0 Å². The van der Waals surface area contributed by atoms with E-state index in [1.54, 1.807) is 4.68 Å². The minimum atomic E-state index is 0.00625. The van der Waals surface area contributed by atoms with Crippen molar-refractivity contribution in [2.75, 3.05) is 19.6 Å². The molecule has 3 heterocycles. The Hall–Kier alpha value is -1.36. The van der Waals surface area contributed by atoms with Gasteiger partial charge in [0.15, 0.2) is 0 Å². The molecule has 2 fully saturated rings. The first-order chi connectivity index (χ1) is 9.16. The van der Waals surface area contributed by atoms with E-state index in [9.17, 15) is 4.79 Å². The van der Waals surface area contributed by atoms with Crippen LogP contribution in [0.2, 0.25) is 0 Å². The number of nitrogens with one attached hydrogen (secondary N) is 1. The minimum absolute atomic E-state index is 0.00625. The third-order valence-corrected chi connectivity index (χ3v) is 4.70. The molecule has 19 heavy (non-hydrogen) atoms. The maximum Gasteiger partial charge on any atom is 0.230 e. The molecule has 2 aliphatic rings. The van der Waals surface area contributed by atoms with Gasteiger partial charge in [0.1, 0.15) is 0 Å². The van der Waals surface area contributed by atoms with E-state index in [1.165, 1.54) is 0 Å². The summed E-state index contributed by atoms with van der Waals surface area (Å²) in [4.78, 5) is 14.8. The van der Waals surface area contributed by atoms with Gasteiger partial charge in [0.2, 0.25) is 5.91 Å². The fourth-order valence-electron chi connectivity index (χ4n) is 3.74. The highest BCUT2D eigenvalue weighted by Crippen LogP contribution is 2.44. The lowest BCUT2D eigenvalue weighted by Crippen LogP contribution is -2.51. The Kier molecular flexibility index (Phi) is 3.09.